The highest BCUT2D eigenvalue weighted by molar-refractivity contribution is 5.75. The Labute approximate surface area is 170 Å². The lowest BCUT2D eigenvalue weighted by molar-refractivity contribution is -0.157. The lowest BCUT2D eigenvalue weighted by atomic mass is 10.00. The third-order valence-corrected chi connectivity index (χ3v) is 4.26. The molecule has 166 valence electrons. The quantitative estimate of drug-likeness (QED) is 0.452. The highest BCUT2D eigenvalue weighted by atomic mass is 16.6. The van der Waals surface area contributed by atoms with Gasteiger partial charge in [0, 0.05) is 21.0 Å². The molecule has 2 unspecified atom stereocenters. The fraction of sp³-hybridized carbons (Fsp3) is 0.647. The Morgan fingerprint density at radius 1 is 1.30 bits per heavy atom. The van der Waals surface area contributed by atoms with E-state index in [9.17, 15) is 24.0 Å². The number of aromatic nitrogens is 3. The van der Waals surface area contributed by atoms with E-state index in [1.54, 1.807) is 6.92 Å². The summed E-state index contributed by atoms with van der Waals surface area (Å²) < 4.78 is 22.3. The Morgan fingerprint density at radius 2 is 2.00 bits per heavy atom. The molecule has 0 aliphatic carbocycles. The van der Waals surface area contributed by atoms with Crippen LogP contribution in [0.5, 0.6) is 0 Å². The summed E-state index contributed by atoms with van der Waals surface area (Å²) in [5, 5.41) is 6.33. The van der Waals surface area contributed by atoms with Crippen LogP contribution >= 0.6 is 0 Å². The molecule has 0 radical (unpaired) electrons. The van der Waals surface area contributed by atoms with E-state index < -0.39 is 59.7 Å². The van der Waals surface area contributed by atoms with Gasteiger partial charge in [0.2, 0.25) is 5.91 Å². The Balaban J connectivity index is 2.45. The van der Waals surface area contributed by atoms with Gasteiger partial charge in [-0.3, -0.25) is 24.2 Å². The smallest absolute Gasteiger partial charge is 0.347 e. The first-order valence-electron chi connectivity index (χ1n) is 9.14. The van der Waals surface area contributed by atoms with Gasteiger partial charge in [-0.1, -0.05) is 0 Å². The van der Waals surface area contributed by atoms with Gasteiger partial charge in [0.1, 0.15) is 18.4 Å². The summed E-state index contributed by atoms with van der Waals surface area (Å²) in [6.07, 6.45) is -3.84. The molecule has 2 N–H and O–H groups in total. The maximum atomic E-state index is 12.2. The Hall–Kier alpha value is -3.06. The molecule has 1 amide bonds. The predicted octanol–water partition coefficient (Wildman–Crippen LogP) is -1.77. The number of methoxy groups -OCH3 is 1. The standard InChI is InChI=1S/C17H24N4O9/c1-5-28-12(25)6-10(19-8(2)22)13-14(27-4)15(29-9(3)23)16(30-13)21-17(26)20-11(24)7-18-21/h7,10,13-16H,5-6H2,1-4H3,(H,19,22)(H,20,24,26)/t10?,13?,14-,15+,16-/m0/s1. The average Bonchev–Trinajstić information content (AvgIpc) is 2.98. The van der Waals surface area contributed by atoms with Crippen molar-refractivity contribution in [2.24, 2.45) is 0 Å². The van der Waals surface area contributed by atoms with Crippen LogP contribution < -0.4 is 16.6 Å². The fourth-order valence-corrected chi connectivity index (χ4v) is 3.22. The number of nitrogens with zero attached hydrogens (tertiary/aromatic N) is 2. The van der Waals surface area contributed by atoms with Gasteiger partial charge in [-0.2, -0.15) is 9.78 Å². The highest BCUT2D eigenvalue weighted by Crippen LogP contribution is 2.34. The second-order valence-corrected chi connectivity index (χ2v) is 6.47. The van der Waals surface area contributed by atoms with Crippen LogP contribution in [0.3, 0.4) is 0 Å². The molecule has 2 heterocycles. The van der Waals surface area contributed by atoms with Crippen LogP contribution in [0.15, 0.2) is 15.8 Å². The zero-order chi connectivity index (χ0) is 22.4. The molecule has 13 heteroatoms. The number of rotatable bonds is 8. The minimum Gasteiger partial charge on any atom is -0.466 e. The predicted molar refractivity (Wildman–Crippen MR) is 98.2 cm³/mol. The number of aromatic amines is 1. The summed E-state index contributed by atoms with van der Waals surface area (Å²) in [7, 11) is 1.32. The van der Waals surface area contributed by atoms with Crippen LogP contribution in [0, 0.1) is 0 Å². The second-order valence-electron chi connectivity index (χ2n) is 6.47. The van der Waals surface area contributed by atoms with Crippen molar-refractivity contribution >= 4 is 17.8 Å². The van der Waals surface area contributed by atoms with Crippen LogP contribution in [0.25, 0.3) is 0 Å². The molecule has 1 aliphatic heterocycles. The van der Waals surface area contributed by atoms with Gasteiger partial charge in [0.15, 0.2) is 12.3 Å². The Kier molecular flexibility index (Phi) is 7.83. The number of hydrogen-bond donors (Lipinski definition) is 2. The van der Waals surface area contributed by atoms with Gasteiger partial charge in [-0.25, -0.2) is 4.79 Å². The summed E-state index contributed by atoms with van der Waals surface area (Å²) in [5.41, 5.74) is -1.63. The summed E-state index contributed by atoms with van der Waals surface area (Å²) in [6, 6.07) is -0.923. The van der Waals surface area contributed by atoms with Gasteiger partial charge in [-0.05, 0) is 6.92 Å². The van der Waals surface area contributed by atoms with E-state index in [1.807, 2.05) is 4.98 Å². The van der Waals surface area contributed by atoms with Crippen LogP contribution in [-0.4, -0.2) is 70.7 Å². The van der Waals surface area contributed by atoms with E-state index in [2.05, 4.69) is 10.4 Å². The minimum absolute atomic E-state index is 0.139. The molecule has 0 spiro atoms. The summed E-state index contributed by atoms with van der Waals surface area (Å²) >= 11 is 0. The first-order chi connectivity index (χ1) is 14.2. The Bertz CT molecular complexity index is 896. The van der Waals surface area contributed by atoms with Gasteiger partial charge in [-0.15, -0.1) is 0 Å². The van der Waals surface area contributed by atoms with Crippen molar-refractivity contribution in [3.05, 3.63) is 27.0 Å². The molecule has 13 nitrogen and oxygen atoms in total. The lowest BCUT2D eigenvalue weighted by Gasteiger charge is -2.27. The molecule has 5 atom stereocenters. The number of carbonyl (C=O) groups excluding carboxylic acids is 3. The number of hydrogen-bond acceptors (Lipinski definition) is 10. The number of amides is 1. The zero-order valence-corrected chi connectivity index (χ0v) is 16.9. The number of ether oxygens (including phenoxy) is 4. The maximum Gasteiger partial charge on any atom is 0.347 e. The minimum atomic E-state index is -1.29. The normalized spacial score (nSPS) is 24.1. The first-order valence-corrected chi connectivity index (χ1v) is 9.14. The van der Waals surface area contributed by atoms with Crippen molar-refractivity contribution in [3.63, 3.8) is 0 Å². The molecule has 1 aromatic rings. The van der Waals surface area contributed by atoms with E-state index in [1.165, 1.54) is 14.0 Å². The second kappa shape index (κ2) is 10.1. The molecule has 1 aliphatic rings. The number of H-pyrrole nitrogens is 1. The van der Waals surface area contributed by atoms with Crippen LogP contribution in [0.1, 0.15) is 33.4 Å². The summed E-state index contributed by atoms with van der Waals surface area (Å²) in [5.74, 6) is -1.73. The highest BCUT2D eigenvalue weighted by Gasteiger charge is 2.52. The molecule has 0 bridgehead atoms. The van der Waals surface area contributed by atoms with Gasteiger partial charge >= 0.3 is 17.6 Å². The molecule has 1 fully saturated rings. The van der Waals surface area contributed by atoms with Crippen LogP contribution in [0.4, 0.5) is 0 Å². The van der Waals surface area contributed by atoms with Crippen molar-refractivity contribution in [3.8, 4) is 0 Å². The topological polar surface area (TPSA) is 168 Å². The third kappa shape index (κ3) is 5.51. The first kappa shape index (κ1) is 23.2. The molecular formula is C17H24N4O9. The van der Waals surface area contributed by atoms with Gasteiger partial charge < -0.3 is 24.3 Å². The van der Waals surface area contributed by atoms with E-state index in [4.69, 9.17) is 18.9 Å². The molecule has 0 saturated carbocycles. The van der Waals surface area contributed by atoms with Crippen LogP contribution in [-0.2, 0) is 33.3 Å². The van der Waals surface area contributed by atoms with Crippen molar-refractivity contribution in [1.29, 1.82) is 0 Å². The van der Waals surface area contributed by atoms with Crippen molar-refractivity contribution in [1.82, 2.24) is 20.1 Å². The number of carbonyl (C=O) groups is 3. The summed E-state index contributed by atoms with van der Waals surface area (Å²) in [4.78, 5) is 60.9. The number of nitrogens with one attached hydrogen (secondary N) is 2. The molecule has 1 saturated heterocycles. The average molecular weight is 428 g/mol. The van der Waals surface area contributed by atoms with Crippen molar-refractivity contribution < 1.29 is 33.3 Å². The SMILES string of the molecule is CCOC(=O)CC(NC(C)=O)C1O[C@H](n2ncc(=O)[nH]c2=O)[C@H](OC(C)=O)[C@H]1OC. The number of esters is 2. The van der Waals surface area contributed by atoms with E-state index in [0.717, 1.165) is 17.8 Å². The fourth-order valence-electron chi connectivity index (χ4n) is 3.22. The van der Waals surface area contributed by atoms with Crippen molar-refractivity contribution in [2.45, 2.75) is 57.8 Å². The molecular weight excluding hydrogens is 404 g/mol. The van der Waals surface area contributed by atoms with Gasteiger partial charge in [0.05, 0.1) is 19.1 Å². The van der Waals surface area contributed by atoms with E-state index in [-0.39, 0.29) is 13.0 Å². The molecule has 2 rings (SSSR count). The van der Waals surface area contributed by atoms with Crippen molar-refractivity contribution in [2.75, 3.05) is 13.7 Å². The molecule has 1 aromatic heterocycles. The lowest BCUT2D eigenvalue weighted by Crippen LogP contribution is -2.50. The zero-order valence-electron chi connectivity index (χ0n) is 16.9. The molecule has 30 heavy (non-hydrogen) atoms. The summed E-state index contributed by atoms with van der Waals surface area (Å²) in [6.45, 7) is 4.19. The third-order valence-electron chi connectivity index (χ3n) is 4.26. The Morgan fingerprint density at radius 3 is 2.53 bits per heavy atom. The monoisotopic (exact) mass is 428 g/mol. The van der Waals surface area contributed by atoms with E-state index >= 15 is 0 Å². The van der Waals surface area contributed by atoms with Crippen LogP contribution in [0.2, 0.25) is 0 Å². The van der Waals surface area contributed by atoms with Gasteiger partial charge in [0.25, 0.3) is 5.56 Å². The van der Waals surface area contributed by atoms with E-state index in [0.29, 0.717) is 0 Å². The maximum absolute atomic E-state index is 12.2. The molecule has 0 aromatic carbocycles. The largest absolute Gasteiger partial charge is 0.466 e.